The van der Waals surface area contributed by atoms with Crippen LogP contribution in [0.3, 0.4) is 0 Å². The Morgan fingerprint density at radius 1 is 0.320 bits per heavy atom. The molecule has 234 valence electrons. The Bertz CT molecular complexity index is 2850. The van der Waals surface area contributed by atoms with E-state index < -0.39 is 0 Å². The first-order valence-corrected chi connectivity index (χ1v) is 16.9. The van der Waals surface area contributed by atoms with Gasteiger partial charge in [-0.25, -0.2) is 9.97 Å². The monoisotopic (exact) mass is 638 g/mol. The smallest absolute Gasteiger partial charge is 0.162 e. The van der Waals surface area contributed by atoms with E-state index in [2.05, 4.69) is 179 Å². The Morgan fingerprint density at radius 2 is 0.860 bits per heavy atom. The second-order valence-electron chi connectivity index (χ2n) is 12.7. The molecule has 10 rings (SSSR count). The van der Waals surface area contributed by atoms with E-state index in [9.17, 15) is 0 Å². The normalized spacial score (nSPS) is 11.6. The van der Waals surface area contributed by atoms with Crippen LogP contribution in [0.25, 0.3) is 88.9 Å². The average molecular weight is 639 g/mol. The number of aromatic nitrogens is 4. The summed E-state index contributed by atoms with van der Waals surface area (Å²) in [5.41, 5.74) is 10.9. The zero-order valence-electron chi connectivity index (χ0n) is 27.1. The van der Waals surface area contributed by atoms with Crippen molar-refractivity contribution < 1.29 is 0 Å². The van der Waals surface area contributed by atoms with Crippen LogP contribution in [0.5, 0.6) is 0 Å². The van der Waals surface area contributed by atoms with Gasteiger partial charge in [0.2, 0.25) is 0 Å². The predicted octanol–water partition coefficient (Wildman–Crippen LogP) is 11.7. The van der Waals surface area contributed by atoms with Crippen LogP contribution in [0.4, 0.5) is 0 Å². The van der Waals surface area contributed by atoms with Crippen LogP contribution in [0.15, 0.2) is 182 Å². The van der Waals surface area contributed by atoms with Crippen LogP contribution in [-0.2, 0) is 0 Å². The van der Waals surface area contributed by atoms with Gasteiger partial charge in [0, 0.05) is 44.4 Å². The highest BCUT2D eigenvalue weighted by molar-refractivity contribution is 6.19. The van der Waals surface area contributed by atoms with Crippen LogP contribution >= 0.6 is 0 Å². The summed E-state index contributed by atoms with van der Waals surface area (Å²) >= 11 is 0. The van der Waals surface area contributed by atoms with Gasteiger partial charge in [-0.1, -0.05) is 133 Å². The topological polar surface area (TPSA) is 35.6 Å². The molecule has 0 bridgehead atoms. The molecule has 0 N–H and O–H groups in total. The standard InChI is InChI=1S/C46H30N4/c1-4-15-31(16-5-1)33-19-14-20-34(27-33)46-47-40(32-17-6-2-7-18-32)29-45(48-46)50-42-26-13-11-24-37(42)39-28-38-36-23-10-12-25-41(36)49(43(38)30-44(39)50)35-21-8-3-9-22-35/h1-30H. The Balaban J connectivity index is 1.28. The van der Waals surface area contributed by atoms with Crippen LogP contribution in [-0.4, -0.2) is 19.1 Å². The third kappa shape index (κ3) is 4.54. The molecule has 7 aromatic carbocycles. The van der Waals surface area contributed by atoms with Crippen molar-refractivity contribution in [3.63, 3.8) is 0 Å². The van der Waals surface area contributed by atoms with Crippen LogP contribution in [0.1, 0.15) is 0 Å². The Kier molecular flexibility index (Phi) is 6.46. The minimum Gasteiger partial charge on any atom is -0.309 e. The molecular weight excluding hydrogens is 609 g/mol. The second-order valence-corrected chi connectivity index (χ2v) is 12.7. The molecular formula is C46H30N4. The summed E-state index contributed by atoms with van der Waals surface area (Å²) in [6.07, 6.45) is 0. The number of hydrogen-bond acceptors (Lipinski definition) is 2. The van der Waals surface area contributed by atoms with E-state index in [1.54, 1.807) is 0 Å². The average Bonchev–Trinajstić information content (AvgIpc) is 3.70. The lowest BCUT2D eigenvalue weighted by Crippen LogP contribution is -2.03. The lowest BCUT2D eigenvalue weighted by molar-refractivity contribution is 1.05. The molecule has 0 atom stereocenters. The predicted molar refractivity (Wildman–Crippen MR) is 207 cm³/mol. The molecule has 0 aliphatic carbocycles. The summed E-state index contributed by atoms with van der Waals surface area (Å²) < 4.78 is 4.69. The number of fused-ring (bicyclic) bond motifs is 6. The SMILES string of the molecule is c1ccc(-c2cccc(-c3nc(-c4ccccc4)cc(-n4c5ccccc5c5cc6c7ccccc7n(-c7ccccc7)c6cc54)n3)c2)cc1. The molecule has 3 aromatic heterocycles. The maximum Gasteiger partial charge on any atom is 0.162 e. The van der Waals surface area contributed by atoms with Gasteiger partial charge in [0.05, 0.1) is 27.8 Å². The largest absolute Gasteiger partial charge is 0.309 e. The molecule has 0 radical (unpaired) electrons. The molecule has 0 aliphatic heterocycles. The molecule has 0 amide bonds. The van der Waals surface area contributed by atoms with Gasteiger partial charge < -0.3 is 4.57 Å². The highest BCUT2D eigenvalue weighted by Gasteiger charge is 2.20. The van der Waals surface area contributed by atoms with Gasteiger partial charge in [0.1, 0.15) is 5.82 Å². The summed E-state index contributed by atoms with van der Waals surface area (Å²) in [6.45, 7) is 0. The number of para-hydroxylation sites is 3. The first-order valence-electron chi connectivity index (χ1n) is 16.9. The van der Waals surface area contributed by atoms with Crippen molar-refractivity contribution in [2.45, 2.75) is 0 Å². The van der Waals surface area contributed by atoms with E-state index in [1.165, 1.54) is 27.1 Å². The summed E-state index contributed by atoms with van der Waals surface area (Å²) in [5, 5.41) is 4.84. The summed E-state index contributed by atoms with van der Waals surface area (Å²) in [5.74, 6) is 1.51. The zero-order chi connectivity index (χ0) is 33.0. The molecule has 0 saturated carbocycles. The van der Waals surface area contributed by atoms with Crippen molar-refractivity contribution in [1.82, 2.24) is 19.1 Å². The molecule has 4 nitrogen and oxygen atoms in total. The fraction of sp³-hybridized carbons (Fsp3) is 0. The molecule has 3 heterocycles. The van der Waals surface area contributed by atoms with E-state index in [4.69, 9.17) is 9.97 Å². The number of nitrogens with zero attached hydrogens (tertiary/aromatic N) is 4. The van der Waals surface area contributed by atoms with Gasteiger partial charge in [-0.2, -0.15) is 0 Å². The number of rotatable bonds is 5. The fourth-order valence-electron chi connectivity index (χ4n) is 7.44. The number of benzene rings is 7. The third-order valence-corrected chi connectivity index (χ3v) is 9.72. The van der Waals surface area contributed by atoms with Gasteiger partial charge in [0.25, 0.3) is 0 Å². The molecule has 0 saturated heterocycles. The third-order valence-electron chi connectivity index (χ3n) is 9.72. The van der Waals surface area contributed by atoms with Gasteiger partial charge in [-0.05, 0) is 53.6 Å². The minimum absolute atomic E-state index is 0.685. The second kappa shape index (κ2) is 11.4. The van der Waals surface area contributed by atoms with Crippen LogP contribution in [0.2, 0.25) is 0 Å². The van der Waals surface area contributed by atoms with E-state index >= 15 is 0 Å². The lowest BCUT2D eigenvalue weighted by atomic mass is 10.0. The molecule has 0 spiro atoms. The van der Waals surface area contributed by atoms with Gasteiger partial charge >= 0.3 is 0 Å². The van der Waals surface area contributed by atoms with Crippen molar-refractivity contribution in [3.8, 4) is 45.3 Å². The Morgan fingerprint density at radius 3 is 1.56 bits per heavy atom. The minimum atomic E-state index is 0.685. The molecule has 10 aromatic rings. The molecule has 0 fully saturated rings. The van der Waals surface area contributed by atoms with Gasteiger partial charge in [0.15, 0.2) is 5.82 Å². The Hall–Kier alpha value is -6.78. The van der Waals surface area contributed by atoms with Crippen molar-refractivity contribution in [2.24, 2.45) is 0 Å². The van der Waals surface area contributed by atoms with Crippen LogP contribution in [0, 0.1) is 0 Å². The summed E-state index contributed by atoms with van der Waals surface area (Å²) in [6, 6.07) is 64.2. The highest BCUT2D eigenvalue weighted by Crippen LogP contribution is 2.40. The van der Waals surface area contributed by atoms with Crippen molar-refractivity contribution >= 4 is 43.6 Å². The summed E-state index contributed by atoms with van der Waals surface area (Å²) in [4.78, 5) is 10.5. The number of hydrogen-bond donors (Lipinski definition) is 0. The fourth-order valence-corrected chi connectivity index (χ4v) is 7.44. The Labute approximate surface area is 289 Å². The van der Waals surface area contributed by atoms with E-state index in [-0.39, 0.29) is 0 Å². The first kappa shape index (κ1) is 28.3. The zero-order valence-corrected chi connectivity index (χ0v) is 27.1. The maximum absolute atomic E-state index is 5.36. The van der Waals surface area contributed by atoms with E-state index in [0.29, 0.717) is 5.82 Å². The van der Waals surface area contributed by atoms with E-state index in [0.717, 1.165) is 56.0 Å². The maximum atomic E-state index is 5.36. The quantitative estimate of drug-likeness (QED) is 0.188. The molecule has 50 heavy (non-hydrogen) atoms. The van der Waals surface area contributed by atoms with E-state index in [1.807, 2.05) is 12.1 Å². The molecule has 4 heteroatoms. The lowest BCUT2D eigenvalue weighted by Gasteiger charge is -2.13. The van der Waals surface area contributed by atoms with Crippen molar-refractivity contribution in [1.29, 1.82) is 0 Å². The highest BCUT2D eigenvalue weighted by atomic mass is 15.1. The van der Waals surface area contributed by atoms with Crippen LogP contribution < -0.4 is 0 Å². The first-order chi connectivity index (χ1) is 24.8. The van der Waals surface area contributed by atoms with Gasteiger partial charge in [-0.3, -0.25) is 4.57 Å². The van der Waals surface area contributed by atoms with Crippen molar-refractivity contribution in [2.75, 3.05) is 0 Å². The van der Waals surface area contributed by atoms with Gasteiger partial charge in [-0.15, -0.1) is 0 Å². The molecule has 0 aliphatic rings. The molecule has 0 unspecified atom stereocenters. The summed E-state index contributed by atoms with van der Waals surface area (Å²) in [7, 11) is 0. The van der Waals surface area contributed by atoms with Crippen molar-refractivity contribution in [3.05, 3.63) is 182 Å².